The molecule has 3 nitrogen and oxygen atoms in total. The van der Waals surface area contributed by atoms with Crippen molar-refractivity contribution in [3.8, 4) is 11.8 Å². The van der Waals surface area contributed by atoms with Gasteiger partial charge in [0.25, 0.3) is 0 Å². The summed E-state index contributed by atoms with van der Waals surface area (Å²) in [6.45, 7) is 1.51. The maximum Gasteiger partial charge on any atom is 0.239 e. The first-order chi connectivity index (χ1) is 8.61. The van der Waals surface area contributed by atoms with Crippen molar-refractivity contribution >= 4 is 40.1 Å². The number of alkyl halides is 1. The van der Waals surface area contributed by atoms with Gasteiger partial charge in [0, 0.05) is 18.2 Å². The van der Waals surface area contributed by atoms with Crippen LogP contribution in [0.25, 0.3) is 0 Å². The van der Waals surface area contributed by atoms with Crippen LogP contribution in [0.3, 0.4) is 0 Å². The predicted octanol–water partition coefficient (Wildman–Crippen LogP) is 2.50. The van der Waals surface area contributed by atoms with Crippen LogP contribution in [0.1, 0.15) is 12.5 Å². The number of benzene rings is 1. The van der Waals surface area contributed by atoms with Crippen LogP contribution >= 0.6 is 23.4 Å². The molecule has 1 rings (SSSR count). The molecule has 0 aromatic heterocycles. The van der Waals surface area contributed by atoms with Gasteiger partial charge in [0.15, 0.2) is 5.12 Å². The van der Waals surface area contributed by atoms with Crippen LogP contribution in [-0.2, 0) is 9.59 Å². The maximum absolute atomic E-state index is 11.0. The van der Waals surface area contributed by atoms with E-state index in [1.54, 1.807) is 24.3 Å². The van der Waals surface area contributed by atoms with Crippen LogP contribution in [-0.4, -0.2) is 22.7 Å². The highest BCUT2D eigenvalue weighted by atomic mass is 35.5. The molecule has 0 saturated heterocycles. The van der Waals surface area contributed by atoms with Crippen LogP contribution in [0.5, 0.6) is 0 Å². The summed E-state index contributed by atoms with van der Waals surface area (Å²) in [5, 5.41) is 2.69. The van der Waals surface area contributed by atoms with Crippen molar-refractivity contribution in [2.24, 2.45) is 0 Å². The third kappa shape index (κ3) is 5.76. The molecule has 0 aliphatic rings. The molecule has 0 fully saturated rings. The van der Waals surface area contributed by atoms with Crippen molar-refractivity contribution < 1.29 is 9.59 Å². The summed E-state index contributed by atoms with van der Waals surface area (Å²) >= 11 is 6.56. The molecular weight excluding hydrogens is 270 g/mol. The fourth-order valence-corrected chi connectivity index (χ4v) is 1.52. The number of hydrogen-bond acceptors (Lipinski definition) is 3. The third-order valence-electron chi connectivity index (χ3n) is 1.87. The van der Waals surface area contributed by atoms with Crippen LogP contribution < -0.4 is 5.32 Å². The highest BCUT2D eigenvalue weighted by Crippen LogP contribution is 2.09. The molecule has 1 amide bonds. The number of amides is 1. The van der Waals surface area contributed by atoms with Gasteiger partial charge in [0.1, 0.15) is 5.88 Å². The van der Waals surface area contributed by atoms with Gasteiger partial charge in [-0.05, 0) is 24.3 Å². The van der Waals surface area contributed by atoms with E-state index in [0.717, 1.165) is 5.56 Å². The summed E-state index contributed by atoms with van der Waals surface area (Å²) < 4.78 is 0. The average molecular weight is 282 g/mol. The fraction of sp³-hybridized carbons (Fsp3) is 0.231. The monoisotopic (exact) mass is 281 g/mol. The Balaban J connectivity index is 2.54. The van der Waals surface area contributed by atoms with Crippen molar-refractivity contribution in [3.63, 3.8) is 0 Å². The Kier molecular flexibility index (Phi) is 6.34. The standard InChI is InChI=1S/C13H12ClNO2S/c1-10(16)18-8-2-3-11-4-6-12(7-5-11)15-13(17)9-14/h4-7H,8-9H2,1H3,(H,15,17). The van der Waals surface area contributed by atoms with Gasteiger partial charge in [0.2, 0.25) is 5.91 Å². The van der Waals surface area contributed by atoms with Gasteiger partial charge in [-0.3, -0.25) is 9.59 Å². The summed E-state index contributed by atoms with van der Waals surface area (Å²) in [6, 6.07) is 7.11. The zero-order valence-corrected chi connectivity index (χ0v) is 11.4. The van der Waals surface area contributed by atoms with E-state index in [9.17, 15) is 9.59 Å². The number of hydrogen-bond donors (Lipinski definition) is 1. The van der Waals surface area contributed by atoms with E-state index >= 15 is 0 Å². The second-order valence-corrected chi connectivity index (χ2v) is 4.76. The lowest BCUT2D eigenvalue weighted by molar-refractivity contribution is -0.114. The molecule has 18 heavy (non-hydrogen) atoms. The first-order valence-electron chi connectivity index (χ1n) is 5.20. The first-order valence-corrected chi connectivity index (χ1v) is 6.72. The number of carbonyl (C=O) groups excluding carboxylic acids is 2. The molecule has 94 valence electrons. The molecule has 0 bridgehead atoms. The zero-order chi connectivity index (χ0) is 13.4. The van der Waals surface area contributed by atoms with Crippen LogP contribution in [0.2, 0.25) is 0 Å². The molecule has 0 unspecified atom stereocenters. The van der Waals surface area contributed by atoms with Crippen molar-refractivity contribution in [3.05, 3.63) is 29.8 Å². The van der Waals surface area contributed by atoms with Gasteiger partial charge in [-0.1, -0.05) is 23.6 Å². The Morgan fingerprint density at radius 2 is 2.00 bits per heavy atom. The molecule has 0 heterocycles. The summed E-state index contributed by atoms with van der Waals surface area (Å²) in [5.41, 5.74) is 1.52. The average Bonchev–Trinajstić information content (AvgIpc) is 2.36. The maximum atomic E-state index is 11.0. The lowest BCUT2D eigenvalue weighted by Gasteiger charge is -2.01. The number of carbonyl (C=O) groups is 2. The summed E-state index contributed by atoms with van der Waals surface area (Å²) in [6.07, 6.45) is 0. The lowest BCUT2D eigenvalue weighted by Crippen LogP contribution is -2.12. The number of anilines is 1. The van der Waals surface area contributed by atoms with E-state index < -0.39 is 0 Å². The van der Waals surface area contributed by atoms with Gasteiger partial charge in [-0.2, -0.15) is 0 Å². The molecule has 0 saturated carbocycles. The SMILES string of the molecule is CC(=O)SCC#Cc1ccc(NC(=O)CCl)cc1. The Labute approximate surface area is 115 Å². The highest BCUT2D eigenvalue weighted by molar-refractivity contribution is 8.13. The fourth-order valence-electron chi connectivity index (χ4n) is 1.11. The molecule has 1 N–H and O–H groups in total. The molecular formula is C13H12ClNO2S. The zero-order valence-electron chi connectivity index (χ0n) is 9.83. The molecule has 0 spiro atoms. The van der Waals surface area contributed by atoms with Gasteiger partial charge < -0.3 is 5.32 Å². The van der Waals surface area contributed by atoms with Crippen LogP contribution in [0, 0.1) is 11.8 Å². The van der Waals surface area contributed by atoms with Gasteiger partial charge in [-0.25, -0.2) is 0 Å². The summed E-state index contributed by atoms with van der Waals surface area (Å²) in [4.78, 5) is 21.7. The van der Waals surface area contributed by atoms with E-state index in [4.69, 9.17) is 11.6 Å². The molecule has 1 aromatic carbocycles. The van der Waals surface area contributed by atoms with E-state index in [2.05, 4.69) is 17.2 Å². The summed E-state index contributed by atoms with van der Waals surface area (Å²) in [5.74, 6) is 6.00. The minimum atomic E-state index is -0.242. The second-order valence-electron chi connectivity index (χ2n) is 3.34. The van der Waals surface area contributed by atoms with E-state index in [-0.39, 0.29) is 16.9 Å². The van der Waals surface area contributed by atoms with E-state index in [0.29, 0.717) is 11.4 Å². The topological polar surface area (TPSA) is 46.2 Å². The Morgan fingerprint density at radius 3 is 2.56 bits per heavy atom. The minimum absolute atomic E-state index is 0.0587. The number of thioether (sulfide) groups is 1. The quantitative estimate of drug-likeness (QED) is 0.684. The minimum Gasteiger partial charge on any atom is -0.325 e. The normalized spacial score (nSPS) is 9.22. The molecule has 0 radical (unpaired) electrons. The van der Waals surface area contributed by atoms with Crippen molar-refractivity contribution in [2.45, 2.75) is 6.92 Å². The van der Waals surface area contributed by atoms with Gasteiger partial charge >= 0.3 is 0 Å². The van der Waals surface area contributed by atoms with Crippen molar-refractivity contribution in [1.82, 2.24) is 0 Å². The Bertz CT molecular complexity index is 488. The Morgan fingerprint density at radius 1 is 1.33 bits per heavy atom. The Hall–Kier alpha value is -1.44. The summed E-state index contributed by atoms with van der Waals surface area (Å²) in [7, 11) is 0. The largest absolute Gasteiger partial charge is 0.325 e. The van der Waals surface area contributed by atoms with Gasteiger partial charge in [-0.15, -0.1) is 11.6 Å². The van der Waals surface area contributed by atoms with Gasteiger partial charge in [0.05, 0.1) is 5.75 Å². The van der Waals surface area contributed by atoms with Crippen molar-refractivity contribution in [2.75, 3.05) is 16.9 Å². The lowest BCUT2D eigenvalue weighted by atomic mass is 10.2. The molecule has 1 aromatic rings. The first kappa shape index (κ1) is 14.6. The highest BCUT2D eigenvalue weighted by Gasteiger charge is 1.98. The number of halogens is 1. The smallest absolute Gasteiger partial charge is 0.239 e. The van der Waals surface area contributed by atoms with Crippen LogP contribution in [0.15, 0.2) is 24.3 Å². The molecule has 5 heteroatoms. The molecule has 0 aliphatic carbocycles. The van der Waals surface area contributed by atoms with Crippen LogP contribution in [0.4, 0.5) is 5.69 Å². The number of nitrogens with one attached hydrogen (secondary N) is 1. The molecule has 0 aliphatic heterocycles. The van der Waals surface area contributed by atoms with E-state index in [1.165, 1.54) is 18.7 Å². The number of rotatable bonds is 3. The van der Waals surface area contributed by atoms with E-state index in [1.807, 2.05) is 0 Å². The van der Waals surface area contributed by atoms with Crippen molar-refractivity contribution in [1.29, 1.82) is 0 Å². The third-order valence-corrected chi connectivity index (χ3v) is 2.81. The predicted molar refractivity (Wildman–Crippen MR) is 75.8 cm³/mol. The second kappa shape index (κ2) is 7.80. The molecule has 0 atom stereocenters.